The van der Waals surface area contributed by atoms with E-state index >= 15 is 0 Å². The number of nitriles is 1. The summed E-state index contributed by atoms with van der Waals surface area (Å²) in [5.41, 5.74) is 2.12. The van der Waals surface area contributed by atoms with Crippen LogP contribution in [0.2, 0.25) is 0 Å². The van der Waals surface area contributed by atoms with Crippen molar-refractivity contribution in [2.45, 2.75) is 17.9 Å². The molecule has 0 atom stereocenters. The van der Waals surface area contributed by atoms with Crippen LogP contribution in [0.25, 0.3) is 0 Å². The van der Waals surface area contributed by atoms with E-state index in [4.69, 9.17) is 5.26 Å². The molecule has 0 saturated heterocycles. The number of thiophene rings is 1. The number of fused-ring (bicyclic) bond motifs is 1. The molecule has 0 bridgehead atoms. The first-order chi connectivity index (χ1) is 10.5. The molecule has 0 radical (unpaired) electrons. The fraction of sp³-hybridized carbons (Fsp3) is 0.267. The molecular formula is C15H15N3O2S2. The molecule has 22 heavy (non-hydrogen) atoms. The molecular weight excluding hydrogens is 318 g/mol. The van der Waals surface area contributed by atoms with Crippen LogP contribution in [-0.4, -0.2) is 22.0 Å². The van der Waals surface area contributed by atoms with Crippen molar-refractivity contribution in [3.8, 4) is 6.07 Å². The Morgan fingerprint density at radius 1 is 1.36 bits per heavy atom. The fourth-order valence-corrected chi connectivity index (χ4v) is 4.21. The van der Waals surface area contributed by atoms with Gasteiger partial charge >= 0.3 is 0 Å². The van der Waals surface area contributed by atoms with Gasteiger partial charge in [0.15, 0.2) is 0 Å². The van der Waals surface area contributed by atoms with Crippen molar-refractivity contribution < 1.29 is 8.42 Å². The van der Waals surface area contributed by atoms with Crippen molar-refractivity contribution in [2.24, 2.45) is 0 Å². The average molecular weight is 333 g/mol. The van der Waals surface area contributed by atoms with E-state index < -0.39 is 10.0 Å². The molecule has 1 aromatic heterocycles. The first-order valence-electron chi connectivity index (χ1n) is 6.84. The average Bonchev–Trinajstić information content (AvgIpc) is 3.14. The maximum atomic E-state index is 11.9. The normalized spacial score (nSPS) is 13.9. The fourth-order valence-electron chi connectivity index (χ4n) is 2.61. The molecule has 114 valence electrons. The van der Waals surface area contributed by atoms with Gasteiger partial charge in [0, 0.05) is 17.1 Å². The lowest BCUT2D eigenvalue weighted by Gasteiger charge is -2.18. The van der Waals surface area contributed by atoms with Gasteiger partial charge in [-0.25, -0.2) is 13.1 Å². The van der Waals surface area contributed by atoms with Gasteiger partial charge in [0.25, 0.3) is 0 Å². The molecule has 5 nitrogen and oxygen atoms in total. The molecule has 1 aromatic carbocycles. The molecule has 2 aromatic rings. The summed E-state index contributed by atoms with van der Waals surface area (Å²) in [4.78, 5) is 4.37. The van der Waals surface area contributed by atoms with E-state index in [2.05, 4.69) is 15.7 Å². The van der Waals surface area contributed by atoms with E-state index in [0.29, 0.717) is 9.77 Å². The lowest BCUT2D eigenvalue weighted by Crippen LogP contribution is -2.19. The van der Waals surface area contributed by atoms with Crippen molar-refractivity contribution >= 4 is 27.0 Å². The van der Waals surface area contributed by atoms with Gasteiger partial charge in [0.05, 0.1) is 11.4 Å². The van der Waals surface area contributed by atoms with Gasteiger partial charge in [-0.1, -0.05) is 0 Å². The van der Waals surface area contributed by atoms with Gasteiger partial charge in [-0.2, -0.15) is 5.26 Å². The third-order valence-corrected chi connectivity index (χ3v) is 6.13. The van der Waals surface area contributed by atoms with Crippen LogP contribution in [0.5, 0.6) is 0 Å². The molecule has 0 unspecified atom stereocenters. The number of nitrogens with zero attached hydrogens (tertiary/aromatic N) is 2. The second-order valence-electron chi connectivity index (χ2n) is 5.05. The number of benzene rings is 1. The zero-order valence-electron chi connectivity index (χ0n) is 12.0. The lowest BCUT2D eigenvalue weighted by molar-refractivity contribution is 0.588. The maximum Gasteiger partial charge on any atom is 0.240 e. The Bertz CT molecular complexity index is 850. The summed E-state index contributed by atoms with van der Waals surface area (Å²) in [7, 11) is -1.98. The molecule has 7 heteroatoms. The summed E-state index contributed by atoms with van der Waals surface area (Å²) in [6.45, 7) is 1.61. The highest BCUT2D eigenvalue weighted by atomic mass is 32.2. The lowest BCUT2D eigenvalue weighted by atomic mass is 10.2. The number of sulfonamides is 1. The Labute approximate surface area is 133 Å². The minimum atomic E-state index is -3.40. The van der Waals surface area contributed by atoms with E-state index in [1.165, 1.54) is 18.4 Å². The summed E-state index contributed by atoms with van der Waals surface area (Å²) in [6.07, 6.45) is 0.832. The van der Waals surface area contributed by atoms with E-state index in [1.54, 1.807) is 12.1 Å². The molecule has 1 aliphatic heterocycles. The Balaban J connectivity index is 1.85. The predicted octanol–water partition coefficient (Wildman–Crippen LogP) is 2.09. The van der Waals surface area contributed by atoms with Crippen molar-refractivity contribution in [3.63, 3.8) is 0 Å². The largest absolute Gasteiger partial charge is 0.366 e. The van der Waals surface area contributed by atoms with Crippen LogP contribution >= 0.6 is 11.3 Å². The number of rotatable bonds is 4. The molecule has 1 aliphatic rings. The van der Waals surface area contributed by atoms with E-state index in [0.717, 1.165) is 35.6 Å². The van der Waals surface area contributed by atoms with Crippen LogP contribution in [-0.2, 0) is 23.0 Å². The maximum absolute atomic E-state index is 11.9. The number of nitrogens with one attached hydrogen (secondary N) is 1. The minimum absolute atomic E-state index is 0.304. The number of anilines is 1. The molecule has 3 rings (SSSR count). The highest BCUT2D eigenvalue weighted by Crippen LogP contribution is 2.32. The highest BCUT2D eigenvalue weighted by Gasteiger charge is 2.22. The monoisotopic (exact) mass is 333 g/mol. The molecule has 0 amide bonds. The second-order valence-corrected chi connectivity index (χ2v) is 8.10. The molecule has 0 fully saturated rings. The zero-order chi connectivity index (χ0) is 15.7. The minimum Gasteiger partial charge on any atom is -0.366 e. The molecule has 0 saturated carbocycles. The first-order valence-corrected chi connectivity index (χ1v) is 9.13. The van der Waals surface area contributed by atoms with Gasteiger partial charge in [0.2, 0.25) is 10.0 Å². The zero-order valence-corrected chi connectivity index (χ0v) is 13.7. The van der Waals surface area contributed by atoms with Gasteiger partial charge in [-0.15, -0.1) is 11.3 Å². The highest BCUT2D eigenvalue weighted by molar-refractivity contribution is 7.89. The summed E-state index contributed by atoms with van der Waals surface area (Å²) in [5.74, 6) is 0. The second kappa shape index (κ2) is 5.72. The SMILES string of the molecule is CNS(=O)(=O)c1ccc2c(c1)CCN2Cc1ccc(C#N)s1. The van der Waals surface area contributed by atoms with E-state index in [9.17, 15) is 8.42 Å². The molecule has 1 N–H and O–H groups in total. The first kappa shape index (κ1) is 15.0. The molecule has 0 aliphatic carbocycles. The smallest absolute Gasteiger partial charge is 0.240 e. The van der Waals surface area contributed by atoms with Gasteiger partial charge in [0.1, 0.15) is 10.9 Å². The summed E-state index contributed by atoms with van der Waals surface area (Å²) in [5, 5.41) is 8.88. The van der Waals surface area contributed by atoms with Crippen LogP contribution in [0.4, 0.5) is 5.69 Å². The van der Waals surface area contributed by atoms with E-state index in [-0.39, 0.29) is 0 Å². The van der Waals surface area contributed by atoms with Crippen LogP contribution in [0, 0.1) is 11.3 Å². The van der Waals surface area contributed by atoms with Gasteiger partial charge < -0.3 is 4.90 Å². The molecule has 0 spiro atoms. The van der Waals surface area contributed by atoms with Crippen molar-refractivity contribution in [3.05, 3.63) is 45.6 Å². The van der Waals surface area contributed by atoms with Crippen LogP contribution < -0.4 is 9.62 Å². The molecule has 2 heterocycles. The summed E-state index contributed by atoms with van der Waals surface area (Å²) >= 11 is 1.50. The van der Waals surface area contributed by atoms with Crippen LogP contribution in [0.1, 0.15) is 15.3 Å². The van der Waals surface area contributed by atoms with Crippen LogP contribution in [0.15, 0.2) is 35.2 Å². The summed E-state index contributed by atoms with van der Waals surface area (Å²) in [6, 6.07) is 11.2. The van der Waals surface area contributed by atoms with Crippen molar-refractivity contribution in [2.75, 3.05) is 18.5 Å². The van der Waals surface area contributed by atoms with Gasteiger partial charge in [-0.05, 0) is 49.4 Å². The van der Waals surface area contributed by atoms with E-state index in [1.807, 2.05) is 18.2 Å². The number of hydrogen-bond donors (Lipinski definition) is 1. The predicted molar refractivity (Wildman–Crippen MR) is 86.5 cm³/mol. The third kappa shape index (κ3) is 2.73. The third-order valence-electron chi connectivity index (χ3n) is 3.74. The Kier molecular flexibility index (Phi) is 3.91. The summed E-state index contributed by atoms with van der Waals surface area (Å²) < 4.78 is 26.0. The van der Waals surface area contributed by atoms with Crippen LogP contribution in [0.3, 0.4) is 0 Å². The number of hydrogen-bond acceptors (Lipinski definition) is 5. The van der Waals surface area contributed by atoms with Gasteiger partial charge in [-0.3, -0.25) is 0 Å². The van der Waals surface area contributed by atoms with Crippen molar-refractivity contribution in [1.82, 2.24) is 4.72 Å². The quantitative estimate of drug-likeness (QED) is 0.930. The van der Waals surface area contributed by atoms with Crippen molar-refractivity contribution in [1.29, 1.82) is 5.26 Å². The topological polar surface area (TPSA) is 73.2 Å². The standard InChI is InChI=1S/C15H15N3O2S2/c1-17-22(19,20)14-4-5-15-11(8-14)6-7-18(15)10-13-3-2-12(9-16)21-13/h2-5,8,17H,6-7,10H2,1H3. The Morgan fingerprint density at radius 3 is 2.86 bits per heavy atom. The Hall–Kier alpha value is -1.88. The Morgan fingerprint density at radius 2 is 2.18 bits per heavy atom.